The van der Waals surface area contributed by atoms with Crippen LogP contribution < -0.4 is 0 Å². The van der Waals surface area contributed by atoms with Gasteiger partial charge in [0.15, 0.2) is 11.6 Å². The summed E-state index contributed by atoms with van der Waals surface area (Å²) in [5, 5.41) is 10.1. The number of thiophene rings is 2. The van der Waals surface area contributed by atoms with E-state index in [1.54, 1.807) is 0 Å². The highest BCUT2D eigenvalue weighted by molar-refractivity contribution is 7.26. The number of benzene rings is 15. The maximum absolute atomic E-state index is 5.21. The van der Waals surface area contributed by atoms with Crippen molar-refractivity contribution in [2.75, 3.05) is 0 Å². The van der Waals surface area contributed by atoms with E-state index in [9.17, 15) is 0 Å². The summed E-state index contributed by atoms with van der Waals surface area (Å²) < 4.78 is 9.99. The molecule has 21 rings (SSSR count). The monoisotopic (exact) mass is 1390 g/mol. The van der Waals surface area contributed by atoms with Gasteiger partial charge in [0.1, 0.15) is 0 Å². The molecule has 6 heterocycles. The lowest BCUT2D eigenvalue weighted by Gasteiger charge is -2.13. The van der Waals surface area contributed by atoms with Crippen molar-refractivity contribution >= 4 is 107 Å². The largest absolute Gasteiger partial charge is 0.309 e. The van der Waals surface area contributed by atoms with E-state index >= 15 is 0 Å². The van der Waals surface area contributed by atoms with Gasteiger partial charge in [0, 0.05) is 118 Å². The molecule has 6 nitrogen and oxygen atoms in total. The number of nitrogens with zero attached hydrogens (tertiary/aromatic N) is 6. The van der Waals surface area contributed by atoms with Crippen LogP contribution in [0.15, 0.2) is 376 Å². The third-order valence-electron chi connectivity index (χ3n) is 20.4. The first-order chi connectivity index (χ1) is 52.5. The molecule has 496 valence electrons. The van der Waals surface area contributed by atoms with Gasteiger partial charge < -0.3 is 9.13 Å². The van der Waals surface area contributed by atoms with E-state index in [1.807, 2.05) is 40.9 Å². The van der Waals surface area contributed by atoms with E-state index in [1.165, 1.54) is 101 Å². The van der Waals surface area contributed by atoms with Crippen LogP contribution in [0.25, 0.3) is 197 Å². The van der Waals surface area contributed by atoms with Gasteiger partial charge in [0.2, 0.25) is 0 Å². The van der Waals surface area contributed by atoms with Gasteiger partial charge in [-0.25, -0.2) is 19.9 Å². The lowest BCUT2D eigenvalue weighted by atomic mass is 9.99. The van der Waals surface area contributed by atoms with Crippen LogP contribution in [0.3, 0.4) is 0 Å². The van der Waals surface area contributed by atoms with Crippen LogP contribution >= 0.6 is 22.7 Å². The molecule has 0 amide bonds. The fraction of sp³-hybridized carbons (Fsp3) is 0. The van der Waals surface area contributed by atoms with Crippen molar-refractivity contribution < 1.29 is 0 Å². The van der Waals surface area contributed by atoms with Crippen molar-refractivity contribution in [2.45, 2.75) is 0 Å². The molecule has 0 spiro atoms. The highest BCUT2D eigenvalue weighted by Crippen LogP contribution is 2.47. The number of fused-ring (bicyclic) bond motifs is 12. The van der Waals surface area contributed by atoms with Crippen molar-refractivity contribution in [3.8, 4) is 113 Å². The molecule has 106 heavy (non-hydrogen) atoms. The standard InChI is InChI=1S/C52H33N3S.C46H29N3S/c1-3-14-34(15-4-1)38-18-13-19-39(30-38)47-33-46(36-16-5-2-6-17-36)53-52(54-47)37-28-26-35(27-29-37)44-31-40(32-45-43-22-9-12-25-50(43)56-51(44)45)55-48-23-10-7-20-41(48)42-21-8-11-24-49(42)55;1-3-13-31(14-4-1)40-29-41(32-15-5-2-6-16-32)48-46(47-40)33-25-23-30(24-26-33)38-27-34(28-39-37-19-9-12-22-44(37)50-45(38)39)49-42-20-10-7-17-35(42)36-18-8-11-21-43(36)49/h1-33H;1-29H. The summed E-state index contributed by atoms with van der Waals surface area (Å²) >= 11 is 3.72. The molecule has 8 heteroatoms. The van der Waals surface area contributed by atoms with Crippen LogP contribution in [-0.4, -0.2) is 29.1 Å². The van der Waals surface area contributed by atoms with E-state index < -0.39 is 0 Å². The Morgan fingerprint density at radius 3 is 0.858 bits per heavy atom. The quantitative estimate of drug-likeness (QED) is 0.129. The molecule has 0 saturated heterocycles. The van der Waals surface area contributed by atoms with Crippen molar-refractivity contribution in [1.82, 2.24) is 29.1 Å². The molecular weight excluding hydrogens is 1330 g/mol. The normalized spacial score (nSPS) is 11.6. The minimum Gasteiger partial charge on any atom is -0.309 e. The van der Waals surface area contributed by atoms with Gasteiger partial charge in [0.05, 0.1) is 44.8 Å². The summed E-state index contributed by atoms with van der Waals surface area (Å²) in [6, 6.07) is 134. The Hall–Kier alpha value is -13.5. The molecule has 0 atom stereocenters. The molecule has 15 aromatic carbocycles. The van der Waals surface area contributed by atoms with Crippen molar-refractivity contribution in [3.05, 3.63) is 376 Å². The molecule has 21 aromatic rings. The second-order valence-electron chi connectivity index (χ2n) is 26.8. The maximum atomic E-state index is 5.21. The Labute approximate surface area is 620 Å². The Morgan fingerprint density at radius 1 is 0.189 bits per heavy atom. The number of para-hydroxylation sites is 4. The van der Waals surface area contributed by atoms with E-state index in [-0.39, 0.29) is 0 Å². The van der Waals surface area contributed by atoms with Gasteiger partial charge in [-0.1, -0.05) is 297 Å². The smallest absolute Gasteiger partial charge is 0.160 e. The van der Waals surface area contributed by atoms with E-state index in [0.29, 0.717) is 11.6 Å². The van der Waals surface area contributed by atoms with Gasteiger partial charge in [-0.05, 0) is 101 Å². The van der Waals surface area contributed by atoms with Gasteiger partial charge in [-0.2, -0.15) is 0 Å². The second-order valence-corrected chi connectivity index (χ2v) is 28.9. The van der Waals surface area contributed by atoms with Crippen LogP contribution in [-0.2, 0) is 0 Å². The highest BCUT2D eigenvalue weighted by atomic mass is 32.1. The Morgan fingerprint density at radius 2 is 0.481 bits per heavy atom. The molecular formula is C98H62N6S2. The number of aromatic nitrogens is 6. The van der Waals surface area contributed by atoms with Crippen LogP contribution in [0.4, 0.5) is 0 Å². The second kappa shape index (κ2) is 26.4. The average Bonchev–Trinajstić information content (AvgIpc) is 1.58. The molecule has 0 saturated carbocycles. The van der Waals surface area contributed by atoms with Gasteiger partial charge >= 0.3 is 0 Å². The fourth-order valence-electron chi connectivity index (χ4n) is 15.4. The molecule has 0 aliphatic heterocycles. The molecule has 6 aromatic heterocycles. The van der Waals surface area contributed by atoms with Crippen LogP contribution in [0.2, 0.25) is 0 Å². The molecule has 0 fully saturated rings. The summed E-state index contributed by atoms with van der Waals surface area (Å²) in [6.07, 6.45) is 0. The van der Waals surface area contributed by atoms with Crippen molar-refractivity contribution in [2.24, 2.45) is 0 Å². The zero-order chi connectivity index (χ0) is 70.0. The number of hydrogen-bond acceptors (Lipinski definition) is 6. The minimum absolute atomic E-state index is 0.698. The first kappa shape index (κ1) is 62.3. The van der Waals surface area contributed by atoms with Crippen molar-refractivity contribution in [3.63, 3.8) is 0 Å². The molecule has 0 N–H and O–H groups in total. The van der Waals surface area contributed by atoms with Crippen LogP contribution in [0.5, 0.6) is 0 Å². The zero-order valence-electron chi connectivity index (χ0n) is 57.3. The molecule has 0 aliphatic carbocycles. The predicted octanol–water partition coefficient (Wildman–Crippen LogP) is 26.9. The Balaban J connectivity index is 0.000000141. The van der Waals surface area contributed by atoms with Crippen LogP contribution in [0, 0.1) is 0 Å². The maximum Gasteiger partial charge on any atom is 0.160 e. The summed E-state index contributed by atoms with van der Waals surface area (Å²) in [4.78, 5) is 20.5. The fourth-order valence-corrected chi connectivity index (χ4v) is 17.8. The van der Waals surface area contributed by atoms with E-state index in [4.69, 9.17) is 19.9 Å². The molecule has 0 radical (unpaired) electrons. The third-order valence-corrected chi connectivity index (χ3v) is 22.9. The summed E-state index contributed by atoms with van der Waals surface area (Å²) in [6.45, 7) is 0. The van der Waals surface area contributed by atoms with Gasteiger partial charge in [-0.3, -0.25) is 0 Å². The lowest BCUT2D eigenvalue weighted by molar-refractivity contribution is 1.18. The first-order valence-electron chi connectivity index (χ1n) is 35.7. The van der Waals surface area contributed by atoms with Gasteiger partial charge in [-0.15, -0.1) is 22.7 Å². The number of hydrogen-bond donors (Lipinski definition) is 0. The topological polar surface area (TPSA) is 61.4 Å². The minimum atomic E-state index is 0.698. The third kappa shape index (κ3) is 11.2. The SMILES string of the molecule is c1ccc(-c2cc(-c3ccccc3)nc(-c3ccc(-c4cc(-n5c6ccccc6c6ccccc65)cc5c4sc4ccccc45)cc3)n2)cc1.c1ccc(-c2cccc(-c3cc(-c4ccccc4)nc(-c4ccc(-c5cc(-n6c7ccccc7c7ccccc76)cc6c5sc5ccccc56)cc4)n3)c2)cc1. The summed E-state index contributed by atoms with van der Waals surface area (Å²) in [5.74, 6) is 1.41. The highest BCUT2D eigenvalue weighted by Gasteiger charge is 2.22. The van der Waals surface area contributed by atoms with Crippen LogP contribution in [0.1, 0.15) is 0 Å². The van der Waals surface area contributed by atoms with Crippen molar-refractivity contribution in [1.29, 1.82) is 0 Å². The molecule has 0 aliphatic rings. The molecule has 0 unspecified atom stereocenters. The molecule has 0 bridgehead atoms. The predicted molar refractivity (Wildman–Crippen MR) is 447 cm³/mol. The lowest BCUT2D eigenvalue weighted by Crippen LogP contribution is -1.96. The summed E-state index contributed by atoms with van der Waals surface area (Å²) in [7, 11) is 0. The Bertz CT molecular complexity index is 6760. The zero-order valence-corrected chi connectivity index (χ0v) is 58.9. The van der Waals surface area contributed by atoms with E-state index in [2.05, 4.69) is 367 Å². The summed E-state index contributed by atoms with van der Waals surface area (Å²) in [5.41, 5.74) is 24.0. The number of rotatable bonds is 11. The van der Waals surface area contributed by atoms with Gasteiger partial charge in [0.25, 0.3) is 0 Å². The Kier molecular flexibility index (Phi) is 15.5. The van der Waals surface area contributed by atoms with E-state index in [0.717, 1.165) is 84.2 Å². The first-order valence-corrected chi connectivity index (χ1v) is 37.4. The average molecular weight is 1390 g/mol.